The van der Waals surface area contributed by atoms with Crippen LogP contribution in [0.4, 0.5) is 5.13 Å². The first-order valence-electron chi connectivity index (χ1n) is 7.15. The smallest absolute Gasteiger partial charge is 0.231 e. The molecule has 1 aromatic carbocycles. The monoisotopic (exact) mass is 333 g/mol. The van der Waals surface area contributed by atoms with Crippen molar-refractivity contribution < 1.29 is 19.0 Å². The Bertz CT molecular complexity index is 789. The predicted octanol–water partition coefficient (Wildman–Crippen LogP) is 1.61. The Hall–Kier alpha value is -2.48. The maximum absolute atomic E-state index is 12.1. The lowest BCUT2D eigenvalue weighted by atomic mass is 9.92. The molecule has 1 aromatic heterocycles. The van der Waals surface area contributed by atoms with Crippen molar-refractivity contribution in [2.24, 2.45) is 0 Å². The van der Waals surface area contributed by atoms with Crippen LogP contribution in [0.2, 0.25) is 0 Å². The molecule has 0 spiro atoms. The molecular formula is C15H15N3O4S. The molecule has 2 aliphatic rings. The molecule has 0 bridgehead atoms. The summed E-state index contributed by atoms with van der Waals surface area (Å²) in [6.07, 6.45) is 0.310. The van der Waals surface area contributed by atoms with Crippen molar-refractivity contribution in [3.8, 4) is 17.2 Å². The Labute approximate surface area is 136 Å². The van der Waals surface area contributed by atoms with Crippen LogP contribution in [-0.4, -0.2) is 24.8 Å². The van der Waals surface area contributed by atoms with Gasteiger partial charge in [0.1, 0.15) is 5.75 Å². The molecule has 23 heavy (non-hydrogen) atoms. The van der Waals surface area contributed by atoms with Crippen molar-refractivity contribution >= 4 is 22.4 Å². The van der Waals surface area contributed by atoms with E-state index in [0.717, 1.165) is 16.1 Å². The number of carbonyl (C=O) groups is 1. The summed E-state index contributed by atoms with van der Waals surface area (Å²) in [7, 11) is 1.60. The number of rotatable bonds is 2. The SMILES string of the molecule is COc1cc2c(cc1C1CC(=O)NCc3nc(N)sc31)OCO2. The van der Waals surface area contributed by atoms with Crippen LogP contribution in [0.5, 0.6) is 17.2 Å². The number of methoxy groups -OCH3 is 1. The van der Waals surface area contributed by atoms with E-state index >= 15 is 0 Å². The van der Waals surface area contributed by atoms with E-state index in [4.69, 9.17) is 19.9 Å². The summed E-state index contributed by atoms with van der Waals surface area (Å²) < 4.78 is 16.4. The van der Waals surface area contributed by atoms with Crippen molar-refractivity contribution in [2.45, 2.75) is 18.9 Å². The van der Waals surface area contributed by atoms with Gasteiger partial charge in [0.05, 0.1) is 19.3 Å². The highest BCUT2D eigenvalue weighted by atomic mass is 32.1. The first kappa shape index (κ1) is 14.1. The molecule has 2 aromatic rings. The third kappa shape index (κ3) is 2.35. The highest BCUT2D eigenvalue weighted by molar-refractivity contribution is 7.15. The van der Waals surface area contributed by atoms with Gasteiger partial charge in [-0.1, -0.05) is 0 Å². The molecular weight excluding hydrogens is 318 g/mol. The summed E-state index contributed by atoms with van der Waals surface area (Å²) >= 11 is 1.41. The second-order valence-corrected chi connectivity index (χ2v) is 6.41. The van der Waals surface area contributed by atoms with Crippen LogP contribution >= 0.6 is 11.3 Å². The molecule has 3 N–H and O–H groups in total. The van der Waals surface area contributed by atoms with E-state index in [1.54, 1.807) is 13.2 Å². The number of ether oxygens (including phenoxy) is 3. The number of hydrogen-bond acceptors (Lipinski definition) is 7. The van der Waals surface area contributed by atoms with Crippen LogP contribution in [0.3, 0.4) is 0 Å². The Morgan fingerprint density at radius 1 is 1.39 bits per heavy atom. The largest absolute Gasteiger partial charge is 0.496 e. The Kier molecular flexibility index (Phi) is 3.26. The normalized spacial score (nSPS) is 19.0. The lowest BCUT2D eigenvalue weighted by Gasteiger charge is -2.17. The zero-order valence-electron chi connectivity index (χ0n) is 12.4. The summed E-state index contributed by atoms with van der Waals surface area (Å²) in [5.74, 6) is 1.76. The van der Waals surface area contributed by atoms with Crippen molar-refractivity contribution in [3.63, 3.8) is 0 Å². The first-order chi connectivity index (χ1) is 11.2. The van der Waals surface area contributed by atoms with Gasteiger partial charge in [0, 0.05) is 28.8 Å². The third-order valence-electron chi connectivity index (χ3n) is 4.00. The zero-order chi connectivity index (χ0) is 16.0. The summed E-state index contributed by atoms with van der Waals surface area (Å²) in [5, 5.41) is 3.35. The van der Waals surface area contributed by atoms with Gasteiger partial charge >= 0.3 is 0 Å². The quantitative estimate of drug-likeness (QED) is 0.867. The second kappa shape index (κ2) is 5.31. The lowest BCUT2D eigenvalue weighted by molar-refractivity contribution is -0.121. The maximum Gasteiger partial charge on any atom is 0.231 e. The van der Waals surface area contributed by atoms with Crippen LogP contribution in [0.15, 0.2) is 12.1 Å². The van der Waals surface area contributed by atoms with E-state index in [-0.39, 0.29) is 18.6 Å². The topological polar surface area (TPSA) is 95.7 Å². The molecule has 8 heteroatoms. The van der Waals surface area contributed by atoms with E-state index in [1.807, 2.05) is 6.07 Å². The summed E-state index contributed by atoms with van der Waals surface area (Å²) in [6.45, 7) is 0.580. The number of anilines is 1. The molecule has 0 saturated carbocycles. The number of nitrogens with one attached hydrogen (secondary N) is 1. The number of thiazole rings is 1. The average Bonchev–Trinajstić information content (AvgIpc) is 3.11. The zero-order valence-corrected chi connectivity index (χ0v) is 13.2. The number of amides is 1. The second-order valence-electron chi connectivity index (χ2n) is 5.34. The maximum atomic E-state index is 12.1. The number of fused-ring (bicyclic) bond motifs is 2. The molecule has 1 amide bonds. The van der Waals surface area contributed by atoms with Gasteiger partial charge in [-0.15, -0.1) is 11.3 Å². The van der Waals surface area contributed by atoms with E-state index < -0.39 is 0 Å². The minimum absolute atomic E-state index is 0.0292. The molecule has 1 unspecified atom stereocenters. The standard InChI is InChI=1S/C15H15N3O4S/c1-20-10-4-12-11(21-6-22-12)2-7(10)8-3-13(19)17-5-9-14(8)23-15(16)18-9/h2,4,8H,3,5-6H2,1H3,(H2,16,18)(H,17,19). The molecule has 0 saturated heterocycles. The van der Waals surface area contributed by atoms with Gasteiger partial charge in [0.25, 0.3) is 0 Å². The average molecular weight is 333 g/mol. The Morgan fingerprint density at radius 2 is 2.17 bits per heavy atom. The predicted molar refractivity (Wildman–Crippen MR) is 84.0 cm³/mol. The molecule has 0 aliphatic carbocycles. The summed E-state index contributed by atoms with van der Waals surface area (Å²) in [6, 6.07) is 3.68. The van der Waals surface area contributed by atoms with Crippen LogP contribution in [0, 0.1) is 0 Å². The molecule has 3 heterocycles. The molecule has 7 nitrogen and oxygen atoms in total. The van der Waals surface area contributed by atoms with E-state index in [1.165, 1.54) is 11.3 Å². The number of benzene rings is 1. The number of aromatic nitrogens is 1. The number of nitrogen functional groups attached to an aromatic ring is 1. The summed E-state index contributed by atoms with van der Waals surface area (Å²) in [5.41, 5.74) is 7.55. The summed E-state index contributed by atoms with van der Waals surface area (Å²) in [4.78, 5) is 17.4. The van der Waals surface area contributed by atoms with Gasteiger partial charge in [0.2, 0.25) is 12.7 Å². The molecule has 2 aliphatic heterocycles. The molecule has 4 rings (SSSR count). The molecule has 0 fully saturated rings. The number of nitrogens with zero attached hydrogens (tertiary/aromatic N) is 1. The molecule has 120 valence electrons. The van der Waals surface area contributed by atoms with E-state index in [0.29, 0.717) is 35.3 Å². The molecule has 0 radical (unpaired) electrons. The fraction of sp³-hybridized carbons (Fsp3) is 0.333. The van der Waals surface area contributed by atoms with Gasteiger partial charge in [-0.25, -0.2) is 4.98 Å². The van der Waals surface area contributed by atoms with Crippen LogP contribution < -0.4 is 25.3 Å². The number of nitrogens with two attached hydrogens (primary N) is 1. The Morgan fingerprint density at radius 3 is 2.96 bits per heavy atom. The van der Waals surface area contributed by atoms with Gasteiger partial charge in [-0.3, -0.25) is 4.79 Å². The van der Waals surface area contributed by atoms with Gasteiger partial charge in [0.15, 0.2) is 16.6 Å². The van der Waals surface area contributed by atoms with Crippen molar-refractivity contribution in [1.82, 2.24) is 10.3 Å². The van der Waals surface area contributed by atoms with Gasteiger partial charge in [-0.2, -0.15) is 0 Å². The first-order valence-corrected chi connectivity index (χ1v) is 7.96. The fourth-order valence-electron chi connectivity index (χ4n) is 2.95. The Balaban J connectivity index is 1.86. The highest BCUT2D eigenvalue weighted by Crippen LogP contribution is 2.46. The van der Waals surface area contributed by atoms with Crippen molar-refractivity contribution in [2.75, 3.05) is 19.6 Å². The van der Waals surface area contributed by atoms with Gasteiger partial charge in [-0.05, 0) is 6.07 Å². The van der Waals surface area contributed by atoms with E-state index in [2.05, 4.69) is 10.3 Å². The minimum atomic E-state index is -0.174. The molecule has 1 atom stereocenters. The minimum Gasteiger partial charge on any atom is -0.496 e. The van der Waals surface area contributed by atoms with Crippen LogP contribution in [-0.2, 0) is 11.3 Å². The third-order valence-corrected chi connectivity index (χ3v) is 5.04. The number of carbonyl (C=O) groups excluding carboxylic acids is 1. The van der Waals surface area contributed by atoms with Crippen molar-refractivity contribution in [1.29, 1.82) is 0 Å². The number of hydrogen-bond donors (Lipinski definition) is 2. The highest BCUT2D eigenvalue weighted by Gasteiger charge is 2.31. The van der Waals surface area contributed by atoms with Crippen LogP contribution in [0.25, 0.3) is 0 Å². The van der Waals surface area contributed by atoms with Crippen LogP contribution in [0.1, 0.15) is 28.5 Å². The fourth-order valence-corrected chi connectivity index (χ4v) is 3.92. The van der Waals surface area contributed by atoms with Gasteiger partial charge < -0.3 is 25.3 Å². The van der Waals surface area contributed by atoms with E-state index in [9.17, 15) is 4.79 Å². The van der Waals surface area contributed by atoms with Crippen molar-refractivity contribution in [3.05, 3.63) is 28.3 Å². The lowest BCUT2D eigenvalue weighted by Crippen LogP contribution is -2.21.